The van der Waals surface area contributed by atoms with E-state index in [9.17, 15) is 22.0 Å². The smallest absolute Gasteiger partial charge is 0.248 e. The van der Waals surface area contributed by atoms with Crippen molar-refractivity contribution >= 4 is 28.1 Å². The molecule has 8 nitrogen and oxygen atoms in total. The molecule has 1 aliphatic rings. The van der Waals surface area contributed by atoms with Crippen molar-refractivity contribution in [1.29, 1.82) is 0 Å². The summed E-state index contributed by atoms with van der Waals surface area (Å²) >= 11 is 0. The van der Waals surface area contributed by atoms with E-state index in [0.29, 0.717) is 26.0 Å². The number of nitrogens with zero attached hydrogens (tertiary/aromatic N) is 2. The molecular weight excluding hydrogens is 444 g/mol. The molecule has 11 heteroatoms. The molecule has 1 N–H and O–H groups in total. The minimum absolute atomic E-state index is 0.0503. The van der Waals surface area contributed by atoms with E-state index in [1.165, 1.54) is 29.4 Å². The molecule has 0 unspecified atom stereocenters. The Morgan fingerprint density at radius 3 is 2.69 bits per heavy atom. The quantitative estimate of drug-likeness (QED) is 0.597. The standard InChI is InChI=1S/C21H25F2N3O5S/c1-14-20(19(31-25-14)6-4-15-3-5-17(22)13-18(15)23)32(28,29)26-10-7-16(8-11-26)21(27)24-9-12-30-2/h3-6,13,16H,7-12H2,1-2H3,(H,24,27)/b6-4+. The Labute approximate surface area is 185 Å². The van der Waals surface area contributed by atoms with Crippen molar-refractivity contribution in [1.82, 2.24) is 14.8 Å². The number of carbonyl (C=O) groups excluding carboxylic acids is 1. The molecule has 32 heavy (non-hydrogen) atoms. The van der Waals surface area contributed by atoms with E-state index in [-0.39, 0.29) is 46.8 Å². The van der Waals surface area contributed by atoms with Gasteiger partial charge >= 0.3 is 0 Å². The maximum atomic E-state index is 13.9. The highest BCUT2D eigenvalue weighted by Gasteiger charge is 2.35. The van der Waals surface area contributed by atoms with Crippen LogP contribution in [0.4, 0.5) is 8.78 Å². The van der Waals surface area contributed by atoms with Crippen molar-refractivity contribution in [3.05, 3.63) is 46.9 Å². The Morgan fingerprint density at radius 1 is 1.31 bits per heavy atom. The highest BCUT2D eigenvalue weighted by molar-refractivity contribution is 7.89. The molecule has 1 saturated heterocycles. The zero-order chi connectivity index (χ0) is 23.3. The predicted molar refractivity (Wildman–Crippen MR) is 113 cm³/mol. The average molecular weight is 470 g/mol. The van der Waals surface area contributed by atoms with E-state index in [0.717, 1.165) is 12.1 Å². The van der Waals surface area contributed by atoms with E-state index in [2.05, 4.69) is 10.5 Å². The van der Waals surface area contributed by atoms with Gasteiger partial charge in [-0.15, -0.1) is 0 Å². The van der Waals surface area contributed by atoms with Gasteiger partial charge in [0.15, 0.2) is 10.7 Å². The molecule has 2 aromatic rings. The van der Waals surface area contributed by atoms with Crippen molar-refractivity contribution < 1.29 is 31.3 Å². The molecule has 0 spiro atoms. The topological polar surface area (TPSA) is 102 Å². The van der Waals surface area contributed by atoms with Gasteiger partial charge in [0, 0.05) is 44.3 Å². The summed E-state index contributed by atoms with van der Waals surface area (Å²) < 4.78 is 64.8. The lowest BCUT2D eigenvalue weighted by molar-refractivity contribution is -0.126. The molecule has 1 aliphatic heterocycles. The van der Waals surface area contributed by atoms with E-state index in [1.54, 1.807) is 7.11 Å². The second-order valence-corrected chi connectivity index (χ2v) is 9.30. The molecule has 3 rings (SSSR count). The number of aromatic nitrogens is 1. The van der Waals surface area contributed by atoms with Gasteiger partial charge in [-0.25, -0.2) is 17.2 Å². The van der Waals surface area contributed by atoms with E-state index in [1.807, 2.05) is 0 Å². The normalized spacial score (nSPS) is 16.0. The average Bonchev–Trinajstić information content (AvgIpc) is 3.14. The first kappa shape index (κ1) is 24.0. The van der Waals surface area contributed by atoms with Crippen molar-refractivity contribution in [2.75, 3.05) is 33.4 Å². The van der Waals surface area contributed by atoms with Crippen LogP contribution in [0.2, 0.25) is 0 Å². The first-order valence-corrected chi connectivity index (χ1v) is 11.5. The van der Waals surface area contributed by atoms with Gasteiger partial charge in [-0.3, -0.25) is 4.79 Å². The minimum atomic E-state index is -3.95. The molecule has 0 radical (unpaired) electrons. The number of ether oxygens (including phenoxy) is 1. The minimum Gasteiger partial charge on any atom is -0.383 e. The fourth-order valence-electron chi connectivity index (χ4n) is 3.51. The van der Waals surface area contributed by atoms with Crippen molar-refractivity contribution in [3.8, 4) is 0 Å². The molecule has 0 bridgehead atoms. The van der Waals surface area contributed by atoms with Crippen molar-refractivity contribution in [2.24, 2.45) is 5.92 Å². The van der Waals surface area contributed by atoms with Gasteiger partial charge in [0.2, 0.25) is 15.9 Å². The Morgan fingerprint density at radius 2 is 2.03 bits per heavy atom. The Hall–Kier alpha value is -2.63. The van der Waals surface area contributed by atoms with Gasteiger partial charge in [0.1, 0.15) is 17.3 Å². The van der Waals surface area contributed by atoms with Gasteiger partial charge in [0.05, 0.1) is 6.61 Å². The summed E-state index contributed by atoms with van der Waals surface area (Å²) in [4.78, 5) is 12.1. The number of amides is 1. The SMILES string of the molecule is COCCNC(=O)C1CCN(S(=O)(=O)c2c(C)noc2/C=C/c2ccc(F)cc2F)CC1. The summed E-state index contributed by atoms with van der Waals surface area (Å²) in [7, 11) is -2.41. The van der Waals surface area contributed by atoms with Crippen LogP contribution in [0.3, 0.4) is 0 Å². The first-order valence-electron chi connectivity index (χ1n) is 10.1. The zero-order valence-corrected chi connectivity index (χ0v) is 18.6. The summed E-state index contributed by atoms with van der Waals surface area (Å²) in [5.74, 6) is -1.94. The van der Waals surface area contributed by atoms with Gasteiger partial charge in [0.25, 0.3) is 0 Å². The summed E-state index contributed by atoms with van der Waals surface area (Å²) in [6, 6.07) is 3.07. The number of methoxy groups -OCH3 is 1. The summed E-state index contributed by atoms with van der Waals surface area (Å²) in [6.07, 6.45) is 3.35. The van der Waals surface area contributed by atoms with E-state index < -0.39 is 21.7 Å². The highest BCUT2D eigenvalue weighted by Crippen LogP contribution is 2.29. The number of rotatable bonds is 8. The van der Waals surface area contributed by atoms with Crippen LogP contribution in [-0.2, 0) is 19.6 Å². The zero-order valence-electron chi connectivity index (χ0n) is 17.8. The lowest BCUT2D eigenvalue weighted by Gasteiger charge is -2.30. The first-order chi connectivity index (χ1) is 15.2. The third-order valence-corrected chi connectivity index (χ3v) is 7.30. The molecule has 1 amide bonds. The number of benzene rings is 1. The molecule has 0 saturated carbocycles. The fraction of sp³-hybridized carbons (Fsp3) is 0.429. The lowest BCUT2D eigenvalue weighted by atomic mass is 9.97. The van der Waals surface area contributed by atoms with Gasteiger partial charge in [-0.1, -0.05) is 5.16 Å². The number of hydrogen-bond donors (Lipinski definition) is 1. The van der Waals surface area contributed by atoms with Crippen LogP contribution in [0.25, 0.3) is 12.2 Å². The summed E-state index contributed by atoms with van der Waals surface area (Å²) in [5.41, 5.74) is 0.243. The third kappa shape index (κ3) is 5.40. The van der Waals surface area contributed by atoms with Crippen LogP contribution >= 0.6 is 0 Å². The third-order valence-electron chi connectivity index (χ3n) is 5.24. The summed E-state index contributed by atoms with van der Waals surface area (Å²) in [6.45, 7) is 2.65. The second kappa shape index (κ2) is 10.3. The van der Waals surface area contributed by atoms with Crippen LogP contribution in [0, 0.1) is 24.5 Å². The van der Waals surface area contributed by atoms with Crippen LogP contribution in [0.1, 0.15) is 29.9 Å². The molecule has 1 fully saturated rings. The number of nitrogens with one attached hydrogen (secondary N) is 1. The van der Waals surface area contributed by atoms with E-state index >= 15 is 0 Å². The molecule has 1 aromatic heterocycles. The molecule has 174 valence electrons. The van der Waals surface area contributed by atoms with Crippen LogP contribution in [0.5, 0.6) is 0 Å². The van der Waals surface area contributed by atoms with E-state index in [4.69, 9.17) is 9.26 Å². The molecule has 0 aliphatic carbocycles. The van der Waals surface area contributed by atoms with Crippen LogP contribution < -0.4 is 5.32 Å². The number of halogens is 2. The summed E-state index contributed by atoms with van der Waals surface area (Å²) in [5, 5.41) is 6.52. The monoisotopic (exact) mass is 469 g/mol. The molecule has 2 heterocycles. The molecule has 0 atom stereocenters. The lowest BCUT2D eigenvalue weighted by Crippen LogP contribution is -2.43. The van der Waals surface area contributed by atoms with Gasteiger partial charge in [-0.2, -0.15) is 4.31 Å². The fourth-order valence-corrected chi connectivity index (χ4v) is 5.23. The predicted octanol–water partition coefficient (Wildman–Crippen LogP) is 2.59. The maximum Gasteiger partial charge on any atom is 0.248 e. The Balaban J connectivity index is 1.73. The van der Waals surface area contributed by atoms with Crippen LogP contribution in [-0.4, -0.2) is 57.1 Å². The Bertz CT molecular complexity index is 1090. The second-order valence-electron chi connectivity index (χ2n) is 7.42. The number of sulfonamides is 1. The molecule has 1 aromatic carbocycles. The van der Waals surface area contributed by atoms with Crippen LogP contribution in [0.15, 0.2) is 27.6 Å². The number of aryl methyl sites for hydroxylation is 1. The highest BCUT2D eigenvalue weighted by atomic mass is 32.2. The molecular formula is C21H25F2N3O5S. The van der Waals surface area contributed by atoms with Crippen molar-refractivity contribution in [3.63, 3.8) is 0 Å². The van der Waals surface area contributed by atoms with Gasteiger partial charge in [-0.05, 0) is 44.1 Å². The Kier molecular flexibility index (Phi) is 7.75. The number of piperidine rings is 1. The largest absolute Gasteiger partial charge is 0.383 e. The number of carbonyl (C=O) groups is 1. The maximum absolute atomic E-state index is 13.9. The number of hydrogen-bond acceptors (Lipinski definition) is 6. The van der Waals surface area contributed by atoms with Crippen molar-refractivity contribution in [2.45, 2.75) is 24.7 Å². The van der Waals surface area contributed by atoms with Gasteiger partial charge < -0.3 is 14.6 Å².